The summed E-state index contributed by atoms with van der Waals surface area (Å²) in [6.45, 7) is 8.21. The van der Waals surface area contributed by atoms with Crippen LogP contribution in [0.4, 0.5) is 0 Å². The molecule has 1 aromatic carbocycles. The van der Waals surface area contributed by atoms with E-state index >= 15 is 0 Å². The minimum absolute atomic E-state index is 0.0678. The molecule has 1 heterocycles. The average molecular weight is 248 g/mol. The van der Waals surface area contributed by atoms with E-state index in [0.29, 0.717) is 11.4 Å². The van der Waals surface area contributed by atoms with E-state index in [2.05, 4.69) is 50.8 Å². The molecule has 0 aromatic heterocycles. The highest BCUT2D eigenvalue weighted by Gasteiger charge is 2.43. The predicted octanol–water partition coefficient (Wildman–Crippen LogP) is 4.29. The van der Waals surface area contributed by atoms with Crippen molar-refractivity contribution in [2.24, 2.45) is 0 Å². The first-order valence-corrected chi connectivity index (χ1v) is 7.02. The van der Waals surface area contributed by atoms with E-state index in [1.54, 1.807) is 0 Å². The lowest BCUT2D eigenvalue weighted by Gasteiger charge is -2.29. The first-order chi connectivity index (χ1) is 8.14. The van der Waals surface area contributed by atoms with Gasteiger partial charge in [-0.15, -0.1) is 18.3 Å². The van der Waals surface area contributed by atoms with E-state index in [9.17, 15) is 0 Å². The zero-order chi connectivity index (χ0) is 12.3. The minimum atomic E-state index is -0.0678. The van der Waals surface area contributed by atoms with Crippen LogP contribution in [-0.4, -0.2) is 17.0 Å². The van der Waals surface area contributed by atoms with Gasteiger partial charge in [-0.1, -0.05) is 24.3 Å². The first-order valence-electron chi connectivity index (χ1n) is 6.14. The van der Waals surface area contributed by atoms with Gasteiger partial charge in [-0.05, 0) is 38.8 Å². The second kappa shape index (κ2) is 5.28. The summed E-state index contributed by atoms with van der Waals surface area (Å²) in [6.07, 6.45) is 4.35. The fraction of sp³-hybridized carbons (Fsp3) is 0.467. The number of ether oxygens (including phenoxy) is 1. The monoisotopic (exact) mass is 248 g/mol. The lowest BCUT2D eigenvalue weighted by molar-refractivity contribution is -0.0160. The maximum Gasteiger partial charge on any atom is 0.0814 e. The number of hydrogen-bond acceptors (Lipinski definition) is 2. The molecule has 1 aliphatic rings. The molecule has 92 valence electrons. The largest absolute Gasteiger partial charge is 0.371 e. The average Bonchev–Trinajstić information content (AvgIpc) is 2.55. The van der Waals surface area contributed by atoms with Crippen molar-refractivity contribution in [3.8, 4) is 0 Å². The van der Waals surface area contributed by atoms with Crippen LogP contribution in [0.2, 0.25) is 0 Å². The smallest absolute Gasteiger partial charge is 0.0814 e. The van der Waals surface area contributed by atoms with Crippen molar-refractivity contribution in [2.75, 3.05) is 0 Å². The van der Waals surface area contributed by atoms with Crippen LogP contribution in [-0.2, 0) is 4.74 Å². The topological polar surface area (TPSA) is 9.23 Å². The third-order valence-electron chi connectivity index (χ3n) is 3.27. The van der Waals surface area contributed by atoms with Gasteiger partial charge in [0.2, 0.25) is 0 Å². The summed E-state index contributed by atoms with van der Waals surface area (Å²) in [6, 6.07) is 10.6. The summed E-state index contributed by atoms with van der Waals surface area (Å²) in [5.74, 6) is 0. The van der Waals surface area contributed by atoms with Gasteiger partial charge in [0, 0.05) is 10.1 Å². The predicted molar refractivity (Wildman–Crippen MR) is 74.5 cm³/mol. The maximum atomic E-state index is 6.08. The molecule has 1 saturated heterocycles. The highest BCUT2D eigenvalue weighted by Crippen LogP contribution is 2.43. The molecular weight excluding hydrogens is 228 g/mol. The highest BCUT2D eigenvalue weighted by molar-refractivity contribution is 8.00. The SMILES string of the molecule is C=CC[C@]1(C)O[C@@H](C)C[C@H]1Sc1ccccc1. The molecule has 3 atom stereocenters. The standard InChI is InChI=1S/C15H20OS/c1-4-10-15(3)14(11-12(2)16-15)17-13-8-6-5-7-9-13/h4-9,12,14H,1,10-11H2,2-3H3/t12-,14+,15-/m0/s1. The maximum absolute atomic E-state index is 6.08. The van der Waals surface area contributed by atoms with Crippen LogP contribution in [0.1, 0.15) is 26.7 Å². The molecule has 2 rings (SSSR count). The Morgan fingerprint density at radius 2 is 2.18 bits per heavy atom. The van der Waals surface area contributed by atoms with Gasteiger partial charge in [-0.3, -0.25) is 0 Å². The summed E-state index contributed by atoms with van der Waals surface area (Å²) in [5, 5.41) is 0.512. The van der Waals surface area contributed by atoms with Crippen molar-refractivity contribution in [3.63, 3.8) is 0 Å². The van der Waals surface area contributed by atoms with Gasteiger partial charge in [-0.2, -0.15) is 0 Å². The van der Waals surface area contributed by atoms with Gasteiger partial charge in [-0.25, -0.2) is 0 Å². The zero-order valence-corrected chi connectivity index (χ0v) is 11.4. The Labute approximate surface area is 108 Å². The third-order valence-corrected chi connectivity index (χ3v) is 4.79. The highest BCUT2D eigenvalue weighted by atomic mass is 32.2. The zero-order valence-electron chi connectivity index (χ0n) is 10.6. The van der Waals surface area contributed by atoms with E-state index in [1.807, 2.05) is 17.8 Å². The van der Waals surface area contributed by atoms with Crippen LogP contribution in [0.3, 0.4) is 0 Å². The number of rotatable bonds is 4. The fourth-order valence-corrected chi connectivity index (χ4v) is 3.85. The van der Waals surface area contributed by atoms with Crippen LogP contribution < -0.4 is 0 Å². The molecule has 2 heteroatoms. The summed E-state index contributed by atoms with van der Waals surface area (Å²) in [4.78, 5) is 1.32. The molecule has 0 aliphatic carbocycles. The molecule has 1 aromatic rings. The third kappa shape index (κ3) is 2.93. The van der Waals surface area contributed by atoms with Gasteiger partial charge in [0.1, 0.15) is 0 Å². The summed E-state index contributed by atoms with van der Waals surface area (Å²) in [7, 11) is 0. The molecule has 0 spiro atoms. The molecule has 0 unspecified atom stereocenters. The van der Waals surface area contributed by atoms with E-state index in [-0.39, 0.29) is 5.60 Å². The summed E-state index contributed by atoms with van der Waals surface area (Å²) < 4.78 is 6.08. The van der Waals surface area contributed by atoms with Gasteiger partial charge in [0.05, 0.1) is 11.7 Å². The van der Waals surface area contributed by atoms with Gasteiger partial charge < -0.3 is 4.74 Å². The Balaban J connectivity index is 2.11. The Hall–Kier alpha value is -0.730. The number of benzene rings is 1. The Kier molecular flexibility index (Phi) is 3.95. The van der Waals surface area contributed by atoms with Crippen molar-refractivity contribution in [2.45, 2.75) is 48.5 Å². The quantitative estimate of drug-likeness (QED) is 0.735. The molecule has 0 radical (unpaired) electrons. The van der Waals surface area contributed by atoms with Crippen LogP contribution >= 0.6 is 11.8 Å². The molecule has 1 nitrogen and oxygen atoms in total. The van der Waals surface area contributed by atoms with Crippen LogP contribution in [0, 0.1) is 0 Å². The van der Waals surface area contributed by atoms with Gasteiger partial charge >= 0.3 is 0 Å². The van der Waals surface area contributed by atoms with Crippen molar-refractivity contribution in [3.05, 3.63) is 43.0 Å². The van der Waals surface area contributed by atoms with E-state index in [1.165, 1.54) is 4.90 Å². The molecule has 1 aliphatic heterocycles. The Morgan fingerprint density at radius 3 is 2.82 bits per heavy atom. The van der Waals surface area contributed by atoms with Crippen LogP contribution in [0.25, 0.3) is 0 Å². The van der Waals surface area contributed by atoms with E-state index in [4.69, 9.17) is 4.74 Å². The van der Waals surface area contributed by atoms with Gasteiger partial charge in [0.15, 0.2) is 0 Å². The number of thioether (sulfide) groups is 1. The Bertz CT molecular complexity index is 376. The first kappa shape index (κ1) is 12.7. The molecule has 0 bridgehead atoms. The van der Waals surface area contributed by atoms with Crippen LogP contribution in [0.5, 0.6) is 0 Å². The van der Waals surface area contributed by atoms with E-state index < -0.39 is 0 Å². The Morgan fingerprint density at radius 1 is 1.47 bits per heavy atom. The lowest BCUT2D eigenvalue weighted by Crippen LogP contribution is -2.33. The van der Waals surface area contributed by atoms with Crippen molar-refractivity contribution >= 4 is 11.8 Å². The molecule has 0 saturated carbocycles. The van der Waals surface area contributed by atoms with Crippen molar-refractivity contribution < 1.29 is 4.74 Å². The molecule has 0 amide bonds. The molecule has 1 fully saturated rings. The fourth-order valence-electron chi connectivity index (χ4n) is 2.44. The summed E-state index contributed by atoms with van der Waals surface area (Å²) >= 11 is 1.93. The van der Waals surface area contributed by atoms with E-state index in [0.717, 1.165) is 12.8 Å². The van der Waals surface area contributed by atoms with Crippen LogP contribution in [0.15, 0.2) is 47.9 Å². The molecule has 0 N–H and O–H groups in total. The van der Waals surface area contributed by atoms with Crippen molar-refractivity contribution in [1.29, 1.82) is 0 Å². The lowest BCUT2D eigenvalue weighted by atomic mass is 9.98. The van der Waals surface area contributed by atoms with Gasteiger partial charge in [0.25, 0.3) is 0 Å². The van der Waals surface area contributed by atoms with Crippen molar-refractivity contribution in [1.82, 2.24) is 0 Å². The number of hydrogen-bond donors (Lipinski definition) is 0. The summed E-state index contributed by atoms with van der Waals surface area (Å²) in [5.41, 5.74) is -0.0678. The normalized spacial score (nSPS) is 32.6. The second-order valence-corrected chi connectivity index (χ2v) is 6.17. The minimum Gasteiger partial charge on any atom is -0.371 e. The second-order valence-electron chi connectivity index (χ2n) is 4.89. The molecule has 17 heavy (non-hydrogen) atoms. The molecular formula is C15H20OS.